The summed E-state index contributed by atoms with van der Waals surface area (Å²) in [5.74, 6) is 0.316. The first kappa shape index (κ1) is 22.9. The third-order valence-corrected chi connectivity index (χ3v) is 6.62. The van der Waals surface area contributed by atoms with Crippen molar-refractivity contribution in [1.82, 2.24) is 5.32 Å². The second kappa shape index (κ2) is 9.67. The van der Waals surface area contributed by atoms with Gasteiger partial charge in [-0.25, -0.2) is 0 Å². The quantitative estimate of drug-likeness (QED) is 0.455. The molecular formula is C28H33N3O2. The van der Waals surface area contributed by atoms with E-state index in [1.165, 1.54) is 11.1 Å². The number of rotatable bonds is 6. The highest BCUT2D eigenvalue weighted by Gasteiger charge is 2.30. The van der Waals surface area contributed by atoms with E-state index in [0.717, 1.165) is 40.9 Å². The second-order valence-electron chi connectivity index (χ2n) is 9.30. The number of nitrogens with one attached hydrogen (secondary N) is 2. The Hall–Kier alpha value is -3.31. The summed E-state index contributed by atoms with van der Waals surface area (Å²) < 4.78 is 0. The molecule has 0 aliphatic carbocycles. The van der Waals surface area contributed by atoms with Crippen molar-refractivity contribution in [2.45, 2.75) is 45.7 Å². The fraction of sp³-hybridized carbons (Fsp3) is 0.321. The van der Waals surface area contributed by atoms with Gasteiger partial charge in [-0.2, -0.15) is 0 Å². The van der Waals surface area contributed by atoms with Crippen molar-refractivity contribution in [3.8, 4) is 5.75 Å². The summed E-state index contributed by atoms with van der Waals surface area (Å²) in [7, 11) is 0. The number of benzene rings is 3. The SMILES string of the molecule is Cc1cc(O)cc(C)c1C[C@H](N)C(=O)N[C@H]1c2cc(Cc3ccccc3)ccc2NC[C@H]1C. The molecular weight excluding hydrogens is 410 g/mol. The van der Waals surface area contributed by atoms with Crippen LogP contribution in [0.5, 0.6) is 5.75 Å². The zero-order chi connectivity index (χ0) is 23.5. The van der Waals surface area contributed by atoms with Crippen LogP contribution in [0.25, 0.3) is 0 Å². The Morgan fingerprint density at radius 3 is 2.48 bits per heavy atom. The van der Waals surface area contributed by atoms with Gasteiger partial charge in [0, 0.05) is 12.2 Å². The zero-order valence-electron chi connectivity index (χ0n) is 19.6. The van der Waals surface area contributed by atoms with Gasteiger partial charge in [0.05, 0.1) is 12.1 Å². The Balaban J connectivity index is 1.52. The van der Waals surface area contributed by atoms with Crippen LogP contribution in [0, 0.1) is 19.8 Å². The molecule has 0 bridgehead atoms. The number of phenolic OH excluding ortho intramolecular Hbond substituents is 1. The lowest BCUT2D eigenvalue weighted by molar-refractivity contribution is -0.123. The van der Waals surface area contributed by atoms with Gasteiger partial charge in [0.1, 0.15) is 5.75 Å². The van der Waals surface area contributed by atoms with Gasteiger partial charge in [-0.15, -0.1) is 0 Å². The molecule has 172 valence electrons. The number of aromatic hydroxyl groups is 1. The van der Waals surface area contributed by atoms with Crippen molar-refractivity contribution in [2.24, 2.45) is 11.7 Å². The molecule has 0 radical (unpaired) electrons. The average Bonchev–Trinajstić information content (AvgIpc) is 2.78. The Morgan fingerprint density at radius 1 is 1.09 bits per heavy atom. The van der Waals surface area contributed by atoms with Crippen LogP contribution in [0.1, 0.15) is 46.3 Å². The van der Waals surface area contributed by atoms with Crippen LogP contribution >= 0.6 is 0 Å². The molecule has 0 spiro atoms. The summed E-state index contributed by atoms with van der Waals surface area (Å²) in [6.45, 7) is 6.81. The van der Waals surface area contributed by atoms with E-state index in [4.69, 9.17) is 5.73 Å². The lowest BCUT2D eigenvalue weighted by atomic mass is 9.87. The summed E-state index contributed by atoms with van der Waals surface area (Å²) in [5.41, 5.74) is 13.9. The predicted molar refractivity (Wildman–Crippen MR) is 133 cm³/mol. The molecule has 5 heteroatoms. The number of hydrogen-bond donors (Lipinski definition) is 4. The van der Waals surface area contributed by atoms with Gasteiger partial charge in [0.2, 0.25) is 5.91 Å². The summed E-state index contributed by atoms with van der Waals surface area (Å²) in [6, 6.07) is 19.5. The van der Waals surface area contributed by atoms with Crippen LogP contribution < -0.4 is 16.4 Å². The Labute approximate surface area is 196 Å². The minimum atomic E-state index is -0.662. The first-order valence-corrected chi connectivity index (χ1v) is 11.6. The molecule has 3 aromatic rings. The van der Waals surface area contributed by atoms with Gasteiger partial charge in [-0.05, 0) is 84.2 Å². The number of phenols is 1. The van der Waals surface area contributed by atoms with Crippen LogP contribution in [-0.4, -0.2) is 23.6 Å². The number of anilines is 1. The smallest absolute Gasteiger partial charge is 0.237 e. The van der Waals surface area contributed by atoms with Crippen LogP contribution in [0.3, 0.4) is 0 Å². The molecule has 0 unspecified atom stereocenters. The first-order chi connectivity index (χ1) is 15.8. The van der Waals surface area contributed by atoms with Crippen LogP contribution in [0.2, 0.25) is 0 Å². The summed E-state index contributed by atoms with van der Waals surface area (Å²) in [6.07, 6.45) is 1.28. The van der Waals surface area contributed by atoms with Gasteiger partial charge in [0.25, 0.3) is 0 Å². The van der Waals surface area contributed by atoms with Crippen LogP contribution in [0.4, 0.5) is 5.69 Å². The molecule has 0 saturated heterocycles. The highest BCUT2D eigenvalue weighted by molar-refractivity contribution is 5.83. The molecule has 1 heterocycles. The number of aryl methyl sites for hydroxylation is 2. The van der Waals surface area contributed by atoms with Crippen molar-refractivity contribution >= 4 is 11.6 Å². The van der Waals surface area contributed by atoms with Crippen molar-refractivity contribution in [2.75, 3.05) is 11.9 Å². The molecule has 1 amide bonds. The number of nitrogens with two attached hydrogens (primary N) is 1. The monoisotopic (exact) mass is 443 g/mol. The average molecular weight is 444 g/mol. The lowest BCUT2D eigenvalue weighted by Gasteiger charge is -2.34. The molecule has 5 N–H and O–H groups in total. The summed E-state index contributed by atoms with van der Waals surface area (Å²) in [4.78, 5) is 13.1. The zero-order valence-corrected chi connectivity index (χ0v) is 19.6. The molecule has 0 fully saturated rings. The summed E-state index contributed by atoms with van der Waals surface area (Å²) >= 11 is 0. The lowest BCUT2D eigenvalue weighted by Crippen LogP contribution is -2.47. The molecule has 0 saturated carbocycles. The standard InChI is InChI=1S/C28H33N3O2/c1-17-11-22(32)12-18(2)23(17)15-25(29)28(33)31-27-19(3)16-30-26-10-9-21(14-24(26)27)13-20-7-5-4-6-8-20/h4-12,14,19,25,27,30,32H,13,15-16,29H2,1-3H3,(H,31,33)/t19-,25+,27-/m1/s1. The Kier molecular flexibility index (Phi) is 6.70. The number of hydrogen-bond acceptors (Lipinski definition) is 4. The number of amides is 1. The first-order valence-electron chi connectivity index (χ1n) is 11.6. The molecule has 5 nitrogen and oxygen atoms in total. The number of carbonyl (C=O) groups is 1. The van der Waals surface area contributed by atoms with Gasteiger partial charge >= 0.3 is 0 Å². The largest absolute Gasteiger partial charge is 0.508 e. The van der Waals surface area contributed by atoms with Crippen molar-refractivity contribution in [3.63, 3.8) is 0 Å². The maximum Gasteiger partial charge on any atom is 0.237 e. The minimum absolute atomic E-state index is 0.0995. The third kappa shape index (κ3) is 5.20. The normalized spacial score (nSPS) is 18.2. The Bertz CT molecular complexity index is 1120. The predicted octanol–water partition coefficient (Wildman–Crippen LogP) is 4.39. The second-order valence-corrected chi connectivity index (χ2v) is 9.30. The maximum absolute atomic E-state index is 13.1. The fourth-order valence-corrected chi connectivity index (χ4v) is 4.75. The fourth-order valence-electron chi connectivity index (χ4n) is 4.75. The Morgan fingerprint density at radius 2 is 1.79 bits per heavy atom. The van der Waals surface area contributed by atoms with E-state index < -0.39 is 6.04 Å². The molecule has 3 atom stereocenters. The van der Waals surface area contributed by atoms with E-state index in [0.29, 0.717) is 6.42 Å². The van der Waals surface area contributed by atoms with Crippen molar-refractivity contribution < 1.29 is 9.90 Å². The van der Waals surface area contributed by atoms with Gasteiger partial charge in [0.15, 0.2) is 0 Å². The van der Waals surface area contributed by atoms with Gasteiger partial charge < -0.3 is 21.5 Å². The number of fused-ring (bicyclic) bond motifs is 1. The van der Waals surface area contributed by atoms with E-state index in [1.807, 2.05) is 19.9 Å². The summed E-state index contributed by atoms with van der Waals surface area (Å²) in [5, 5.41) is 16.5. The van der Waals surface area contributed by atoms with E-state index in [2.05, 4.69) is 60.0 Å². The van der Waals surface area contributed by atoms with Crippen molar-refractivity contribution in [1.29, 1.82) is 0 Å². The molecule has 1 aliphatic heterocycles. The van der Waals surface area contributed by atoms with Crippen molar-refractivity contribution in [3.05, 3.63) is 94.0 Å². The van der Waals surface area contributed by atoms with Crippen LogP contribution in [-0.2, 0) is 17.6 Å². The molecule has 0 aromatic heterocycles. The third-order valence-electron chi connectivity index (χ3n) is 6.62. The molecule has 3 aromatic carbocycles. The molecule has 33 heavy (non-hydrogen) atoms. The van der Waals surface area contributed by atoms with Gasteiger partial charge in [-0.3, -0.25) is 4.79 Å². The highest BCUT2D eigenvalue weighted by Crippen LogP contribution is 2.34. The topological polar surface area (TPSA) is 87.4 Å². The maximum atomic E-state index is 13.1. The van der Waals surface area contributed by atoms with E-state index in [9.17, 15) is 9.90 Å². The molecule has 4 rings (SSSR count). The van der Waals surface area contributed by atoms with E-state index >= 15 is 0 Å². The number of carbonyl (C=O) groups excluding carboxylic acids is 1. The minimum Gasteiger partial charge on any atom is -0.508 e. The van der Waals surface area contributed by atoms with Crippen LogP contribution in [0.15, 0.2) is 60.7 Å². The highest BCUT2D eigenvalue weighted by atomic mass is 16.3. The van der Waals surface area contributed by atoms with Gasteiger partial charge in [-0.1, -0.05) is 49.4 Å². The van der Waals surface area contributed by atoms with E-state index in [-0.39, 0.29) is 23.6 Å². The molecule has 1 aliphatic rings. The van der Waals surface area contributed by atoms with E-state index in [1.54, 1.807) is 12.1 Å².